The van der Waals surface area contributed by atoms with Crippen molar-refractivity contribution in [3.8, 4) is 0 Å². The van der Waals surface area contributed by atoms with E-state index in [2.05, 4.69) is 72.8 Å². The standard InChI is InChI=1S/C40H72N12O14S2/c1-17(2)13-23(46-35(61)25(15-67)48-31(57)21(41)10-11-27(55)56)33(59)45-22(9-8-12-44-40(42)43)32(58)47-24(14-53)34(60)50-28(18(3)4)36(62)51-29(19(5)6)37(63)52-30(20(7)54)38(64)49-26(16-68)39(65)66/h17-26,28-30,53-54,67-68H,8-16,41H2,1-7H3,(H,45,59)(H,46,61)(H,47,58)(H,48,57)(H,49,64)(H,50,60)(H,51,62)(H,52,63)(H,55,56)(H,65,66)(H4,42,43,44)/t20-,21+,22+,23+,24+,25+,26+,28+,29+,30+/m1/s1. The number of carboxylic acids is 2. The molecule has 0 aliphatic carbocycles. The van der Waals surface area contributed by atoms with E-state index in [1.54, 1.807) is 41.5 Å². The largest absolute Gasteiger partial charge is 0.481 e. The Labute approximate surface area is 405 Å². The molecule has 0 saturated heterocycles. The highest BCUT2D eigenvalue weighted by Crippen LogP contribution is 2.11. The molecule has 0 aromatic rings. The van der Waals surface area contributed by atoms with Gasteiger partial charge in [0, 0.05) is 24.5 Å². The van der Waals surface area contributed by atoms with Crippen LogP contribution in [0.15, 0.2) is 4.99 Å². The van der Waals surface area contributed by atoms with Crippen molar-refractivity contribution in [2.45, 2.75) is 141 Å². The van der Waals surface area contributed by atoms with Gasteiger partial charge in [0.1, 0.15) is 48.3 Å². The number of hydrogen-bond donors (Lipinski definition) is 17. The van der Waals surface area contributed by atoms with Crippen LogP contribution in [-0.2, 0) is 47.9 Å². The van der Waals surface area contributed by atoms with Crippen LogP contribution in [0.3, 0.4) is 0 Å². The molecule has 26 nitrogen and oxygen atoms in total. The van der Waals surface area contributed by atoms with Crippen molar-refractivity contribution in [1.82, 2.24) is 42.5 Å². The number of thiol groups is 2. The third-order valence-corrected chi connectivity index (χ3v) is 10.6. The lowest BCUT2D eigenvalue weighted by Gasteiger charge is -2.30. The lowest BCUT2D eigenvalue weighted by Crippen LogP contribution is -2.63. The number of rotatable bonds is 32. The van der Waals surface area contributed by atoms with Gasteiger partial charge in [-0.3, -0.25) is 48.1 Å². The fourth-order valence-electron chi connectivity index (χ4n) is 6.03. The quantitative estimate of drug-likeness (QED) is 0.0130. The third kappa shape index (κ3) is 23.0. The van der Waals surface area contributed by atoms with E-state index in [4.69, 9.17) is 22.3 Å². The third-order valence-electron chi connectivity index (χ3n) is 9.91. The van der Waals surface area contributed by atoms with Crippen molar-refractivity contribution < 1.29 is 68.4 Å². The highest BCUT2D eigenvalue weighted by Gasteiger charge is 2.37. The molecular formula is C40H72N12O14S2. The average molecular weight is 1010 g/mol. The fraction of sp³-hybridized carbons (Fsp3) is 0.725. The monoisotopic (exact) mass is 1010 g/mol. The van der Waals surface area contributed by atoms with Gasteiger partial charge in [-0.1, -0.05) is 41.5 Å². The number of carbonyl (C=O) groups excluding carboxylic acids is 8. The Morgan fingerprint density at radius 2 is 0.956 bits per heavy atom. The maximum atomic E-state index is 13.8. The van der Waals surface area contributed by atoms with Crippen LogP contribution in [0.1, 0.15) is 80.6 Å². The number of hydrogen-bond acceptors (Lipinski definition) is 16. The molecular weight excluding hydrogens is 937 g/mol. The number of nitrogens with zero attached hydrogens (tertiary/aromatic N) is 1. The Kier molecular flexibility index (Phi) is 29.0. The second-order valence-electron chi connectivity index (χ2n) is 17.0. The maximum absolute atomic E-state index is 13.8. The molecule has 0 aromatic heterocycles. The number of aliphatic hydroxyl groups excluding tert-OH is 2. The molecule has 0 fully saturated rings. The zero-order valence-corrected chi connectivity index (χ0v) is 41.1. The molecule has 0 unspecified atom stereocenters. The van der Waals surface area contributed by atoms with Crippen LogP contribution in [0, 0.1) is 17.8 Å². The van der Waals surface area contributed by atoms with Gasteiger partial charge in [-0.15, -0.1) is 0 Å². The number of nitrogens with two attached hydrogens (primary N) is 3. The minimum absolute atomic E-state index is 0.00465. The number of carbonyl (C=O) groups is 10. The molecule has 0 aliphatic rings. The van der Waals surface area contributed by atoms with Crippen molar-refractivity contribution in [2.24, 2.45) is 39.9 Å². The molecule has 28 heteroatoms. The molecule has 10 atom stereocenters. The molecule has 68 heavy (non-hydrogen) atoms. The fourth-order valence-corrected chi connectivity index (χ4v) is 6.54. The van der Waals surface area contributed by atoms with E-state index in [1.165, 1.54) is 6.92 Å². The van der Waals surface area contributed by atoms with Crippen LogP contribution in [0.25, 0.3) is 0 Å². The Hall–Kier alpha value is -5.45. The van der Waals surface area contributed by atoms with E-state index in [0.717, 1.165) is 0 Å². The summed E-state index contributed by atoms with van der Waals surface area (Å²) in [5.74, 6) is -12.4. The molecule has 388 valence electrons. The molecule has 0 rings (SSSR count). The summed E-state index contributed by atoms with van der Waals surface area (Å²) in [4.78, 5) is 133. The topological polar surface area (TPSA) is 438 Å². The first-order valence-electron chi connectivity index (χ1n) is 21.8. The van der Waals surface area contributed by atoms with Crippen molar-refractivity contribution >= 4 is 90.4 Å². The Morgan fingerprint density at radius 3 is 1.40 bits per heavy atom. The molecule has 0 bridgehead atoms. The van der Waals surface area contributed by atoms with Crippen molar-refractivity contribution in [3.05, 3.63) is 0 Å². The van der Waals surface area contributed by atoms with Crippen molar-refractivity contribution in [2.75, 3.05) is 24.7 Å². The second-order valence-corrected chi connectivity index (χ2v) is 17.7. The van der Waals surface area contributed by atoms with Crippen LogP contribution in [-0.4, -0.2) is 171 Å². The van der Waals surface area contributed by atoms with Gasteiger partial charge in [0.05, 0.1) is 18.8 Å². The van der Waals surface area contributed by atoms with E-state index >= 15 is 0 Å². The summed E-state index contributed by atoms with van der Waals surface area (Å²) in [6.07, 6.45) is -2.13. The zero-order chi connectivity index (χ0) is 52.6. The SMILES string of the molecule is CC(C)C[C@H](NC(=O)[C@H](CS)NC(=O)[C@@H](N)CCC(=O)O)C(=O)N[C@@H](CCCN=C(N)N)C(=O)N[C@@H](CO)C(=O)N[C@H](C(=O)N[C@H](C(=O)N[C@H](C(=O)N[C@@H](CS)C(=O)O)[C@@H](C)O)C(C)C)C(C)C. The van der Waals surface area contributed by atoms with E-state index < -0.39 is 145 Å². The predicted molar refractivity (Wildman–Crippen MR) is 253 cm³/mol. The lowest BCUT2D eigenvalue weighted by atomic mass is 9.98. The molecule has 0 spiro atoms. The summed E-state index contributed by atoms with van der Waals surface area (Å²) in [6, 6.07) is -12.9. The minimum Gasteiger partial charge on any atom is -0.481 e. The summed E-state index contributed by atoms with van der Waals surface area (Å²) >= 11 is 8.01. The number of carboxylic acid groups (broad SMARTS) is 2. The smallest absolute Gasteiger partial charge is 0.327 e. The highest BCUT2D eigenvalue weighted by atomic mass is 32.1. The van der Waals surface area contributed by atoms with Gasteiger partial charge in [-0.25, -0.2) is 4.79 Å². The second kappa shape index (κ2) is 31.6. The van der Waals surface area contributed by atoms with Crippen LogP contribution in [0.2, 0.25) is 0 Å². The highest BCUT2D eigenvalue weighted by molar-refractivity contribution is 7.80. The Bertz CT molecular complexity index is 1770. The van der Waals surface area contributed by atoms with Crippen LogP contribution >= 0.6 is 25.3 Å². The molecule has 0 aliphatic heterocycles. The number of aliphatic imine (C=N–C) groups is 1. The van der Waals surface area contributed by atoms with Gasteiger partial charge in [0.25, 0.3) is 0 Å². The van der Waals surface area contributed by atoms with Gasteiger partial charge >= 0.3 is 11.9 Å². The zero-order valence-electron chi connectivity index (χ0n) is 39.3. The number of guanidine groups is 1. The number of aliphatic hydroxyl groups is 2. The van der Waals surface area contributed by atoms with Crippen molar-refractivity contribution in [1.29, 1.82) is 0 Å². The van der Waals surface area contributed by atoms with Gasteiger partial charge in [-0.2, -0.15) is 25.3 Å². The van der Waals surface area contributed by atoms with E-state index in [1.807, 2.05) is 0 Å². The molecule has 18 N–H and O–H groups in total. The number of nitrogens with one attached hydrogen (secondary N) is 8. The van der Waals surface area contributed by atoms with Crippen LogP contribution in [0.4, 0.5) is 0 Å². The van der Waals surface area contributed by atoms with Gasteiger partial charge in [-0.05, 0) is 50.4 Å². The van der Waals surface area contributed by atoms with Crippen LogP contribution < -0.4 is 59.7 Å². The summed E-state index contributed by atoms with van der Waals surface area (Å²) in [6.45, 7) is 9.88. The van der Waals surface area contributed by atoms with E-state index in [0.29, 0.717) is 0 Å². The van der Waals surface area contributed by atoms with Crippen LogP contribution in [0.5, 0.6) is 0 Å². The normalized spacial score (nSPS) is 15.6. The van der Waals surface area contributed by atoms with Gasteiger partial charge < -0.3 is 80.2 Å². The van der Waals surface area contributed by atoms with Gasteiger partial charge in [0.15, 0.2) is 5.96 Å². The minimum atomic E-state index is -1.72. The first-order valence-corrected chi connectivity index (χ1v) is 23.1. The number of amides is 8. The van der Waals surface area contributed by atoms with E-state index in [-0.39, 0.29) is 55.6 Å². The summed E-state index contributed by atoms with van der Waals surface area (Å²) < 4.78 is 0. The Balaban J connectivity index is 6.36. The van der Waals surface area contributed by atoms with E-state index in [9.17, 15) is 63.3 Å². The first-order chi connectivity index (χ1) is 31.6. The summed E-state index contributed by atoms with van der Waals surface area (Å²) in [5.41, 5.74) is 16.6. The molecule has 0 saturated carbocycles. The summed E-state index contributed by atoms with van der Waals surface area (Å²) in [5, 5.41) is 58.0. The number of aliphatic carboxylic acids is 2. The molecule has 0 heterocycles. The molecule has 0 aromatic carbocycles. The van der Waals surface area contributed by atoms with Crippen molar-refractivity contribution in [3.63, 3.8) is 0 Å². The maximum Gasteiger partial charge on any atom is 0.327 e. The summed E-state index contributed by atoms with van der Waals surface area (Å²) in [7, 11) is 0. The average Bonchev–Trinajstić information content (AvgIpc) is 3.24. The van der Waals surface area contributed by atoms with Gasteiger partial charge in [0.2, 0.25) is 47.3 Å². The molecule has 8 amide bonds. The predicted octanol–water partition coefficient (Wildman–Crippen LogP) is -5.21. The Morgan fingerprint density at radius 1 is 0.544 bits per heavy atom. The first kappa shape index (κ1) is 62.5. The molecule has 0 radical (unpaired) electrons. The lowest BCUT2D eigenvalue weighted by molar-refractivity contribution is -0.142.